The van der Waals surface area contributed by atoms with Crippen molar-refractivity contribution < 1.29 is 14.2 Å². The van der Waals surface area contributed by atoms with Crippen molar-refractivity contribution >= 4 is 0 Å². The minimum absolute atomic E-state index is 0.180. The topological polar surface area (TPSA) is 39.7 Å². The number of nitrogens with one attached hydrogen (secondary N) is 1. The summed E-state index contributed by atoms with van der Waals surface area (Å²) in [7, 11) is 0. The fourth-order valence-corrected chi connectivity index (χ4v) is 2.62. The van der Waals surface area contributed by atoms with Crippen LogP contribution >= 0.6 is 0 Å². The molecule has 19 heavy (non-hydrogen) atoms. The van der Waals surface area contributed by atoms with Crippen molar-refractivity contribution in [3.8, 4) is 5.75 Å². The molecule has 1 N–H and O–H groups in total. The third-order valence-electron chi connectivity index (χ3n) is 3.59. The van der Waals surface area contributed by atoms with Crippen LogP contribution in [0.5, 0.6) is 5.75 Å². The molecule has 0 amide bonds. The third-order valence-corrected chi connectivity index (χ3v) is 3.59. The molecule has 2 aliphatic heterocycles. The molecular formula is C15H21NO3. The Morgan fingerprint density at radius 2 is 2.11 bits per heavy atom. The van der Waals surface area contributed by atoms with Gasteiger partial charge in [-0.2, -0.15) is 0 Å². The quantitative estimate of drug-likeness (QED) is 0.889. The Balaban J connectivity index is 1.43. The molecule has 0 spiro atoms. The zero-order chi connectivity index (χ0) is 13.1. The fourth-order valence-electron chi connectivity index (χ4n) is 2.62. The van der Waals surface area contributed by atoms with E-state index < -0.39 is 0 Å². The Morgan fingerprint density at radius 1 is 1.21 bits per heavy atom. The van der Waals surface area contributed by atoms with Gasteiger partial charge in [0.05, 0.1) is 25.9 Å². The summed E-state index contributed by atoms with van der Waals surface area (Å²) in [6.45, 7) is 5.92. The average molecular weight is 263 g/mol. The lowest BCUT2D eigenvalue weighted by molar-refractivity contribution is -0.0866. The van der Waals surface area contributed by atoms with Crippen LogP contribution in [0.4, 0.5) is 0 Å². The van der Waals surface area contributed by atoms with Gasteiger partial charge in [-0.3, -0.25) is 0 Å². The van der Waals surface area contributed by atoms with Gasteiger partial charge in [-0.05, 0) is 18.6 Å². The first-order valence-corrected chi connectivity index (χ1v) is 6.97. The molecule has 1 saturated heterocycles. The van der Waals surface area contributed by atoms with Gasteiger partial charge >= 0.3 is 0 Å². The first kappa shape index (κ1) is 12.9. The molecular weight excluding hydrogens is 242 g/mol. The van der Waals surface area contributed by atoms with E-state index in [0.717, 1.165) is 31.9 Å². The van der Waals surface area contributed by atoms with Crippen LogP contribution in [-0.4, -0.2) is 45.1 Å². The highest BCUT2D eigenvalue weighted by Crippen LogP contribution is 2.29. The van der Waals surface area contributed by atoms with Crippen LogP contribution in [0, 0.1) is 6.92 Å². The van der Waals surface area contributed by atoms with Crippen molar-refractivity contribution in [2.75, 3.05) is 32.9 Å². The number of ether oxygens (including phenoxy) is 3. The maximum Gasteiger partial charge on any atom is 0.123 e. The molecule has 0 radical (unpaired) electrons. The molecule has 4 heteroatoms. The van der Waals surface area contributed by atoms with E-state index in [1.54, 1.807) is 0 Å². The van der Waals surface area contributed by atoms with Gasteiger partial charge in [0.2, 0.25) is 0 Å². The maximum absolute atomic E-state index is 5.92. The van der Waals surface area contributed by atoms with Crippen molar-refractivity contribution in [2.24, 2.45) is 0 Å². The monoisotopic (exact) mass is 263 g/mol. The Labute approximate surface area is 114 Å². The summed E-state index contributed by atoms with van der Waals surface area (Å²) in [6, 6.07) is 6.39. The van der Waals surface area contributed by atoms with E-state index in [0.29, 0.717) is 13.2 Å². The molecule has 0 aromatic heterocycles. The van der Waals surface area contributed by atoms with E-state index in [2.05, 4.69) is 30.4 Å². The summed E-state index contributed by atoms with van der Waals surface area (Å²) in [4.78, 5) is 0. The second-order valence-electron chi connectivity index (χ2n) is 5.28. The van der Waals surface area contributed by atoms with Crippen LogP contribution < -0.4 is 10.1 Å². The number of rotatable bonds is 4. The first-order chi connectivity index (χ1) is 9.31. The molecule has 1 fully saturated rings. The van der Waals surface area contributed by atoms with E-state index in [-0.39, 0.29) is 12.2 Å². The van der Waals surface area contributed by atoms with Gasteiger partial charge in [-0.25, -0.2) is 0 Å². The van der Waals surface area contributed by atoms with Gasteiger partial charge in [0, 0.05) is 19.5 Å². The molecule has 0 aliphatic carbocycles. The molecule has 1 aromatic carbocycles. The highest BCUT2D eigenvalue weighted by Gasteiger charge is 2.23. The molecule has 4 nitrogen and oxygen atoms in total. The number of fused-ring (bicyclic) bond motifs is 1. The van der Waals surface area contributed by atoms with Crippen molar-refractivity contribution in [2.45, 2.75) is 25.6 Å². The van der Waals surface area contributed by atoms with Crippen LogP contribution in [0.25, 0.3) is 0 Å². The Bertz CT molecular complexity index is 429. The van der Waals surface area contributed by atoms with Crippen LogP contribution in [-0.2, 0) is 15.9 Å². The molecule has 0 saturated carbocycles. The lowest BCUT2D eigenvalue weighted by Gasteiger charge is -2.23. The van der Waals surface area contributed by atoms with Crippen LogP contribution in [0.3, 0.4) is 0 Å². The van der Waals surface area contributed by atoms with Crippen LogP contribution in [0.1, 0.15) is 11.1 Å². The molecule has 2 aliphatic rings. The van der Waals surface area contributed by atoms with Crippen molar-refractivity contribution in [3.05, 3.63) is 29.3 Å². The molecule has 2 unspecified atom stereocenters. The van der Waals surface area contributed by atoms with Gasteiger partial charge < -0.3 is 19.5 Å². The van der Waals surface area contributed by atoms with Gasteiger partial charge in [0.1, 0.15) is 11.9 Å². The highest BCUT2D eigenvalue weighted by atomic mass is 16.6. The van der Waals surface area contributed by atoms with Crippen molar-refractivity contribution in [1.82, 2.24) is 5.32 Å². The van der Waals surface area contributed by atoms with Crippen LogP contribution in [0.2, 0.25) is 0 Å². The van der Waals surface area contributed by atoms with Crippen LogP contribution in [0.15, 0.2) is 18.2 Å². The van der Waals surface area contributed by atoms with Crippen molar-refractivity contribution in [1.29, 1.82) is 0 Å². The van der Waals surface area contributed by atoms with Gasteiger partial charge in [-0.15, -0.1) is 0 Å². The summed E-state index contributed by atoms with van der Waals surface area (Å²) in [6.07, 6.45) is 1.41. The zero-order valence-corrected chi connectivity index (χ0v) is 11.4. The minimum atomic E-state index is 0.180. The third kappa shape index (κ3) is 3.26. The summed E-state index contributed by atoms with van der Waals surface area (Å²) >= 11 is 0. The summed E-state index contributed by atoms with van der Waals surface area (Å²) in [5.41, 5.74) is 2.62. The average Bonchev–Trinajstić information content (AvgIpc) is 2.82. The normalized spacial score (nSPS) is 25.9. The number of benzene rings is 1. The predicted molar refractivity (Wildman–Crippen MR) is 72.7 cm³/mol. The SMILES string of the molecule is Cc1ccc2c(c1)CC(CNCC1COCCO1)O2. The minimum Gasteiger partial charge on any atom is -0.488 e. The Kier molecular flexibility index (Phi) is 4.01. The van der Waals surface area contributed by atoms with Gasteiger partial charge in [-0.1, -0.05) is 17.7 Å². The smallest absolute Gasteiger partial charge is 0.123 e. The largest absolute Gasteiger partial charge is 0.488 e. The maximum atomic E-state index is 5.92. The second kappa shape index (κ2) is 5.90. The summed E-state index contributed by atoms with van der Waals surface area (Å²) in [5.74, 6) is 1.04. The van der Waals surface area contributed by atoms with Crippen molar-refractivity contribution in [3.63, 3.8) is 0 Å². The molecule has 2 atom stereocenters. The van der Waals surface area contributed by atoms with Gasteiger partial charge in [0.25, 0.3) is 0 Å². The molecule has 104 valence electrons. The predicted octanol–water partition coefficient (Wildman–Crippen LogP) is 1.30. The Morgan fingerprint density at radius 3 is 2.95 bits per heavy atom. The van der Waals surface area contributed by atoms with E-state index in [1.807, 2.05) is 0 Å². The first-order valence-electron chi connectivity index (χ1n) is 6.97. The number of hydrogen-bond donors (Lipinski definition) is 1. The fraction of sp³-hybridized carbons (Fsp3) is 0.600. The van der Waals surface area contributed by atoms with E-state index in [1.165, 1.54) is 11.1 Å². The zero-order valence-electron chi connectivity index (χ0n) is 11.4. The summed E-state index contributed by atoms with van der Waals surface area (Å²) in [5, 5.41) is 3.42. The molecule has 2 heterocycles. The highest BCUT2D eigenvalue weighted by molar-refractivity contribution is 5.40. The lowest BCUT2D eigenvalue weighted by Crippen LogP contribution is -2.40. The molecule has 3 rings (SSSR count). The van der Waals surface area contributed by atoms with E-state index in [4.69, 9.17) is 14.2 Å². The van der Waals surface area contributed by atoms with Gasteiger partial charge in [0.15, 0.2) is 0 Å². The number of hydrogen-bond acceptors (Lipinski definition) is 4. The van der Waals surface area contributed by atoms with E-state index >= 15 is 0 Å². The lowest BCUT2D eigenvalue weighted by atomic mass is 10.1. The summed E-state index contributed by atoms with van der Waals surface area (Å²) < 4.78 is 16.9. The Hall–Kier alpha value is -1.10. The molecule has 0 bridgehead atoms. The molecule has 1 aromatic rings. The second-order valence-corrected chi connectivity index (χ2v) is 5.28. The number of aryl methyl sites for hydroxylation is 1. The standard InChI is InChI=1S/C15H21NO3/c1-11-2-3-15-12(6-11)7-13(19-15)8-16-9-14-10-17-4-5-18-14/h2-3,6,13-14,16H,4-5,7-10H2,1H3. The van der Waals surface area contributed by atoms with E-state index in [9.17, 15) is 0 Å².